The van der Waals surface area contributed by atoms with Crippen molar-refractivity contribution in [3.05, 3.63) is 96.2 Å². The van der Waals surface area contributed by atoms with Crippen molar-refractivity contribution in [2.45, 2.75) is 37.6 Å². The summed E-state index contributed by atoms with van der Waals surface area (Å²) in [5.74, 6) is -0.638. The molecule has 0 amide bonds. The van der Waals surface area contributed by atoms with Crippen LogP contribution in [0.25, 0.3) is 10.9 Å². The van der Waals surface area contributed by atoms with Crippen LogP contribution in [0.4, 0.5) is 5.69 Å². The summed E-state index contributed by atoms with van der Waals surface area (Å²) in [5.41, 5.74) is 3.94. The average Bonchev–Trinajstić information content (AvgIpc) is 3.24. The highest BCUT2D eigenvalue weighted by Gasteiger charge is 2.27. The summed E-state index contributed by atoms with van der Waals surface area (Å²) in [6, 6.07) is 24.1. The molecule has 0 fully saturated rings. The van der Waals surface area contributed by atoms with Gasteiger partial charge in [0.1, 0.15) is 6.54 Å². The number of esters is 1. The highest BCUT2D eigenvalue weighted by molar-refractivity contribution is 7.92. The minimum absolute atomic E-state index is 0.102. The lowest BCUT2D eigenvalue weighted by molar-refractivity contribution is -0.138. The highest BCUT2D eigenvalue weighted by Crippen LogP contribution is 2.29. The van der Waals surface area contributed by atoms with Gasteiger partial charge in [-0.25, -0.2) is 8.42 Å². The maximum absolute atomic E-state index is 13.4. The highest BCUT2D eigenvalue weighted by atomic mass is 32.2. The number of rotatable bonds is 7. The normalized spacial score (nSPS) is 12.0. The van der Waals surface area contributed by atoms with Crippen LogP contribution in [0.5, 0.6) is 0 Å². The molecule has 1 heterocycles. The number of ether oxygens (including phenoxy) is 1. The van der Waals surface area contributed by atoms with E-state index >= 15 is 0 Å². The molecule has 0 aliphatic carbocycles. The summed E-state index contributed by atoms with van der Waals surface area (Å²) in [6.45, 7) is 6.86. The van der Waals surface area contributed by atoms with Crippen molar-refractivity contribution in [3.63, 3.8) is 0 Å². The quantitative estimate of drug-likeness (QED) is 0.327. The summed E-state index contributed by atoms with van der Waals surface area (Å²) < 4.78 is 34.7. The molecule has 0 bridgehead atoms. The number of carbonyl (C=O) groups is 1. The molecule has 0 N–H and O–H groups in total. The smallest absolute Gasteiger partial charge is 0.326 e. The second kappa shape index (κ2) is 9.58. The van der Waals surface area contributed by atoms with Crippen molar-refractivity contribution in [1.82, 2.24) is 4.57 Å². The summed E-state index contributed by atoms with van der Waals surface area (Å²) in [4.78, 5) is 12.2. The maximum Gasteiger partial charge on any atom is 0.326 e. The Kier molecular flexibility index (Phi) is 6.72. The Balaban J connectivity index is 1.67. The van der Waals surface area contributed by atoms with Crippen LogP contribution in [-0.4, -0.2) is 32.6 Å². The van der Waals surface area contributed by atoms with Gasteiger partial charge in [-0.15, -0.1) is 0 Å². The fourth-order valence-electron chi connectivity index (χ4n) is 4.00. The zero-order valence-electron chi connectivity index (χ0n) is 20.4. The lowest BCUT2D eigenvalue weighted by Gasteiger charge is -2.23. The molecule has 0 aliphatic heterocycles. The van der Waals surface area contributed by atoms with E-state index < -0.39 is 22.5 Å². The van der Waals surface area contributed by atoms with Gasteiger partial charge in [0.25, 0.3) is 10.0 Å². The Morgan fingerprint density at radius 2 is 1.63 bits per heavy atom. The van der Waals surface area contributed by atoms with Crippen LogP contribution in [0.1, 0.15) is 31.9 Å². The first kappa shape index (κ1) is 24.5. The van der Waals surface area contributed by atoms with Crippen molar-refractivity contribution in [3.8, 4) is 0 Å². The molecule has 0 saturated heterocycles. The molecule has 3 aromatic carbocycles. The predicted octanol–water partition coefficient (Wildman–Crippen LogP) is 5.36. The number of hydrogen-bond donors (Lipinski definition) is 0. The molecule has 0 saturated carbocycles. The number of aromatic nitrogens is 1. The van der Waals surface area contributed by atoms with E-state index in [1.165, 1.54) is 30.4 Å². The minimum atomic E-state index is -3.96. The number of anilines is 1. The Bertz CT molecular complexity index is 1430. The molecular weight excluding hydrogens is 460 g/mol. The summed E-state index contributed by atoms with van der Waals surface area (Å²) >= 11 is 0. The van der Waals surface area contributed by atoms with E-state index in [0.717, 1.165) is 15.2 Å². The van der Waals surface area contributed by atoms with Crippen LogP contribution in [-0.2, 0) is 31.5 Å². The first-order valence-electron chi connectivity index (χ1n) is 11.4. The SMILES string of the molecule is COC(=O)CN(c1ccc2c(ccn2Cc2ccc(C(C)(C)C)cc2)c1)S(=O)(=O)c1ccccc1. The van der Waals surface area contributed by atoms with Crippen molar-refractivity contribution in [1.29, 1.82) is 0 Å². The summed E-state index contributed by atoms with van der Waals surface area (Å²) in [6.07, 6.45) is 1.99. The Hall–Kier alpha value is -3.58. The van der Waals surface area contributed by atoms with Gasteiger partial charge < -0.3 is 9.30 Å². The fraction of sp³-hybridized carbons (Fsp3) is 0.250. The largest absolute Gasteiger partial charge is 0.468 e. The fourth-order valence-corrected chi connectivity index (χ4v) is 5.43. The third kappa shape index (κ3) is 5.25. The lowest BCUT2D eigenvalue weighted by atomic mass is 9.87. The van der Waals surface area contributed by atoms with E-state index in [9.17, 15) is 13.2 Å². The van der Waals surface area contributed by atoms with Crippen LogP contribution < -0.4 is 4.31 Å². The molecule has 0 unspecified atom stereocenters. The number of methoxy groups -OCH3 is 1. The monoisotopic (exact) mass is 490 g/mol. The molecule has 0 spiro atoms. The van der Waals surface area contributed by atoms with E-state index in [4.69, 9.17) is 4.74 Å². The second-order valence-electron chi connectivity index (χ2n) is 9.53. The Morgan fingerprint density at radius 3 is 2.26 bits per heavy atom. The van der Waals surface area contributed by atoms with Crippen LogP contribution >= 0.6 is 0 Å². The maximum atomic E-state index is 13.4. The number of carbonyl (C=O) groups excluding carboxylic acids is 1. The number of sulfonamides is 1. The third-order valence-corrected chi connectivity index (χ3v) is 7.84. The van der Waals surface area contributed by atoms with Gasteiger partial charge in [-0.1, -0.05) is 63.2 Å². The molecule has 0 radical (unpaired) electrons. The van der Waals surface area contributed by atoms with Crippen molar-refractivity contribution >= 4 is 32.6 Å². The van der Waals surface area contributed by atoms with Gasteiger partial charge in [0.15, 0.2) is 0 Å². The van der Waals surface area contributed by atoms with E-state index in [2.05, 4.69) is 49.6 Å². The minimum Gasteiger partial charge on any atom is -0.468 e. The molecule has 4 aromatic rings. The first-order chi connectivity index (χ1) is 16.6. The number of hydrogen-bond acceptors (Lipinski definition) is 4. The Morgan fingerprint density at radius 1 is 0.943 bits per heavy atom. The van der Waals surface area contributed by atoms with Gasteiger partial charge in [0, 0.05) is 23.6 Å². The molecule has 4 rings (SSSR count). The third-order valence-electron chi connectivity index (χ3n) is 6.05. The number of benzene rings is 3. The van der Waals surface area contributed by atoms with Gasteiger partial charge in [0.2, 0.25) is 0 Å². The van der Waals surface area contributed by atoms with Crippen molar-refractivity contribution in [2.24, 2.45) is 0 Å². The van der Waals surface area contributed by atoms with E-state index in [1.807, 2.05) is 18.3 Å². The van der Waals surface area contributed by atoms with E-state index in [1.54, 1.807) is 30.3 Å². The van der Waals surface area contributed by atoms with Crippen LogP contribution in [0, 0.1) is 0 Å². The molecular formula is C28H30N2O4S. The van der Waals surface area contributed by atoms with Gasteiger partial charge in [-0.05, 0) is 52.9 Å². The van der Waals surface area contributed by atoms with Crippen molar-refractivity contribution < 1.29 is 17.9 Å². The molecule has 0 aliphatic rings. The predicted molar refractivity (Wildman–Crippen MR) is 139 cm³/mol. The number of fused-ring (bicyclic) bond motifs is 1. The average molecular weight is 491 g/mol. The van der Waals surface area contributed by atoms with E-state index in [-0.39, 0.29) is 10.3 Å². The molecule has 7 heteroatoms. The van der Waals surface area contributed by atoms with Gasteiger partial charge in [0.05, 0.1) is 17.7 Å². The standard InChI is InChI=1S/C28H30N2O4S/c1-28(2,3)23-12-10-21(11-13-23)19-29-17-16-22-18-24(14-15-26(22)29)30(20-27(31)34-4)35(32,33)25-8-6-5-7-9-25/h5-18H,19-20H2,1-4H3. The zero-order chi connectivity index (χ0) is 25.2. The summed E-state index contributed by atoms with van der Waals surface area (Å²) in [7, 11) is -2.72. The molecule has 0 atom stereocenters. The van der Waals surface area contributed by atoms with Crippen LogP contribution in [0.15, 0.2) is 90.0 Å². The summed E-state index contributed by atoms with van der Waals surface area (Å²) in [5, 5.41) is 0.881. The van der Waals surface area contributed by atoms with Crippen LogP contribution in [0.3, 0.4) is 0 Å². The molecule has 35 heavy (non-hydrogen) atoms. The lowest BCUT2D eigenvalue weighted by Crippen LogP contribution is -2.36. The van der Waals surface area contributed by atoms with Crippen LogP contribution in [0.2, 0.25) is 0 Å². The second-order valence-corrected chi connectivity index (χ2v) is 11.4. The zero-order valence-corrected chi connectivity index (χ0v) is 21.2. The van der Waals surface area contributed by atoms with E-state index in [0.29, 0.717) is 12.2 Å². The Labute approximate surface area is 206 Å². The van der Waals surface area contributed by atoms with Crippen molar-refractivity contribution in [2.75, 3.05) is 18.0 Å². The van der Waals surface area contributed by atoms with Gasteiger partial charge >= 0.3 is 5.97 Å². The van der Waals surface area contributed by atoms with Gasteiger partial charge in [-0.3, -0.25) is 9.10 Å². The topological polar surface area (TPSA) is 68.6 Å². The first-order valence-corrected chi connectivity index (χ1v) is 12.9. The molecule has 182 valence electrons. The number of nitrogens with zero attached hydrogens (tertiary/aromatic N) is 2. The molecule has 1 aromatic heterocycles. The van der Waals surface area contributed by atoms with Gasteiger partial charge in [-0.2, -0.15) is 0 Å². The molecule has 6 nitrogen and oxygen atoms in total.